The molecule has 0 radical (unpaired) electrons. The second kappa shape index (κ2) is 7.19. The summed E-state index contributed by atoms with van der Waals surface area (Å²) in [6.45, 7) is 2.70. The summed E-state index contributed by atoms with van der Waals surface area (Å²) in [6, 6.07) is 10.3. The van der Waals surface area contributed by atoms with Gasteiger partial charge in [-0.05, 0) is 12.5 Å². The normalized spacial score (nSPS) is 10.7. The van der Waals surface area contributed by atoms with Crippen molar-refractivity contribution in [2.24, 2.45) is 0 Å². The van der Waals surface area contributed by atoms with Crippen LogP contribution in [-0.2, 0) is 17.7 Å². The number of nitrogens with zero attached hydrogens (tertiary/aromatic N) is 3. The number of ether oxygens (including phenoxy) is 1. The van der Waals surface area contributed by atoms with Gasteiger partial charge in [0.2, 0.25) is 0 Å². The van der Waals surface area contributed by atoms with E-state index in [1.807, 2.05) is 18.2 Å². The van der Waals surface area contributed by atoms with Crippen molar-refractivity contribution in [3.05, 3.63) is 69.9 Å². The van der Waals surface area contributed by atoms with E-state index in [0.717, 1.165) is 17.1 Å². The number of hydrogen-bond acceptors (Lipinski definition) is 5. The minimum Gasteiger partial charge on any atom is -0.462 e. The second-order valence-electron chi connectivity index (χ2n) is 5.04. The maximum Gasteiger partial charge on any atom is 0.341 e. The predicted molar refractivity (Wildman–Crippen MR) is 88.6 cm³/mol. The van der Waals surface area contributed by atoms with Crippen molar-refractivity contribution in [2.45, 2.75) is 19.9 Å². The van der Waals surface area contributed by atoms with Gasteiger partial charge in [0, 0.05) is 18.0 Å². The molecule has 6 heteroatoms. The van der Waals surface area contributed by atoms with Gasteiger partial charge >= 0.3 is 5.97 Å². The summed E-state index contributed by atoms with van der Waals surface area (Å²) in [6.07, 6.45) is 4.04. The molecule has 0 bridgehead atoms. The van der Waals surface area contributed by atoms with Crippen LogP contribution in [0.1, 0.15) is 33.5 Å². The Morgan fingerprint density at radius 2 is 2.13 bits per heavy atom. The standard InChI is InChI=1S/C17H17N3O2S/c1-2-22-17(21)14-9-18-20(10-14)11-16-19-15(12-23-16)8-13-6-4-3-5-7-13/h3-7,9-10,12H,2,8,11H2,1H3. The Morgan fingerprint density at radius 3 is 2.91 bits per heavy atom. The van der Waals surface area contributed by atoms with Gasteiger partial charge in [0.1, 0.15) is 5.01 Å². The van der Waals surface area contributed by atoms with Crippen molar-refractivity contribution >= 4 is 17.3 Å². The number of thiazole rings is 1. The van der Waals surface area contributed by atoms with Crippen molar-refractivity contribution in [1.29, 1.82) is 0 Å². The molecule has 1 aromatic carbocycles. The highest BCUT2D eigenvalue weighted by atomic mass is 32.1. The smallest absolute Gasteiger partial charge is 0.341 e. The van der Waals surface area contributed by atoms with E-state index >= 15 is 0 Å². The number of aromatic nitrogens is 3. The highest BCUT2D eigenvalue weighted by molar-refractivity contribution is 7.09. The Hall–Kier alpha value is -2.47. The van der Waals surface area contributed by atoms with E-state index in [1.54, 1.807) is 29.1 Å². The average molecular weight is 327 g/mol. The third-order valence-corrected chi connectivity index (χ3v) is 4.15. The summed E-state index contributed by atoms with van der Waals surface area (Å²) >= 11 is 1.60. The molecule has 0 N–H and O–H groups in total. The molecule has 2 aromatic heterocycles. The van der Waals surface area contributed by atoms with Crippen molar-refractivity contribution in [2.75, 3.05) is 6.61 Å². The highest BCUT2D eigenvalue weighted by Gasteiger charge is 2.10. The zero-order valence-corrected chi connectivity index (χ0v) is 13.6. The number of benzene rings is 1. The molecule has 118 valence electrons. The summed E-state index contributed by atoms with van der Waals surface area (Å²) in [5.74, 6) is -0.345. The lowest BCUT2D eigenvalue weighted by atomic mass is 10.1. The van der Waals surface area contributed by atoms with E-state index in [2.05, 4.69) is 27.6 Å². The van der Waals surface area contributed by atoms with Crippen LogP contribution in [0.3, 0.4) is 0 Å². The zero-order chi connectivity index (χ0) is 16.1. The number of carbonyl (C=O) groups is 1. The van der Waals surface area contributed by atoms with Gasteiger partial charge in [-0.15, -0.1) is 11.3 Å². The quantitative estimate of drug-likeness (QED) is 0.653. The molecule has 3 rings (SSSR count). The number of carbonyl (C=O) groups excluding carboxylic acids is 1. The van der Waals surface area contributed by atoms with Crippen LogP contribution in [0, 0.1) is 0 Å². The monoisotopic (exact) mass is 327 g/mol. The molecule has 0 aliphatic carbocycles. The Labute approximate surface area is 138 Å². The van der Waals surface area contributed by atoms with E-state index in [-0.39, 0.29) is 5.97 Å². The van der Waals surface area contributed by atoms with Crippen molar-refractivity contribution in [3.63, 3.8) is 0 Å². The summed E-state index contributed by atoms with van der Waals surface area (Å²) in [7, 11) is 0. The van der Waals surface area contributed by atoms with Crippen LogP contribution in [-0.4, -0.2) is 27.3 Å². The molecular weight excluding hydrogens is 310 g/mol. The van der Waals surface area contributed by atoms with Crippen molar-refractivity contribution in [1.82, 2.24) is 14.8 Å². The van der Waals surface area contributed by atoms with Crippen LogP contribution in [0.25, 0.3) is 0 Å². The van der Waals surface area contributed by atoms with E-state index in [4.69, 9.17) is 4.74 Å². The molecule has 0 fully saturated rings. The van der Waals surface area contributed by atoms with Gasteiger partial charge in [-0.3, -0.25) is 4.68 Å². The Kier molecular flexibility index (Phi) is 4.83. The fraction of sp³-hybridized carbons (Fsp3) is 0.235. The first-order chi connectivity index (χ1) is 11.2. The largest absolute Gasteiger partial charge is 0.462 e. The third kappa shape index (κ3) is 4.04. The van der Waals surface area contributed by atoms with Crippen LogP contribution in [0.15, 0.2) is 48.1 Å². The lowest BCUT2D eigenvalue weighted by molar-refractivity contribution is 0.0526. The second-order valence-corrected chi connectivity index (χ2v) is 5.98. The highest BCUT2D eigenvalue weighted by Crippen LogP contribution is 2.15. The fourth-order valence-electron chi connectivity index (χ4n) is 2.22. The molecule has 0 aliphatic heterocycles. The lowest BCUT2D eigenvalue weighted by Crippen LogP contribution is -2.04. The zero-order valence-electron chi connectivity index (χ0n) is 12.8. The Bertz CT molecular complexity index is 780. The number of hydrogen-bond donors (Lipinski definition) is 0. The summed E-state index contributed by atoms with van der Waals surface area (Å²) in [5.41, 5.74) is 2.76. The van der Waals surface area contributed by atoms with Gasteiger partial charge < -0.3 is 4.74 Å². The molecule has 0 spiro atoms. The first-order valence-electron chi connectivity index (χ1n) is 7.41. The van der Waals surface area contributed by atoms with Gasteiger partial charge in [0.05, 0.1) is 30.6 Å². The van der Waals surface area contributed by atoms with Gasteiger partial charge in [-0.25, -0.2) is 9.78 Å². The van der Waals surface area contributed by atoms with Gasteiger partial charge in [-0.1, -0.05) is 30.3 Å². The molecule has 0 saturated carbocycles. The lowest BCUT2D eigenvalue weighted by Gasteiger charge is -1.98. The predicted octanol–water partition coefficient (Wildman–Crippen LogP) is 3.16. The summed E-state index contributed by atoms with van der Waals surface area (Å²) in [4.78, 5) is 16.3. The maximum absolute atomic E-state index is 11.6. The van der Waals surface area contributed by atoms with E-state index < -0.39 is 0 Å². The molecule has 5 nitrogen and oxygen atoms in total. The molecule has 0 unspecified atom stereocenters. The Balaban J connectivity index is 1.64. The molecular formula is C17H17N3O2S. The molecule has 0 saturated heterocycles. The van der Waals surface area contributed by atoms with E-state index in [0.29, 0.717) is 18.7 Å². The number of rotatable bonds is 6. The van der Waals surface area contributed by atoms with Crippen LogP contribution >= 0.6 is 11.3 Å². The Morgan fingerprint density at radius 1 is 1.30 bits per heavy atom. The average Bonchev–Trinajstić information content (AvgIpc) is 3.19. The number of esters is 1. The van der Waals surface area contributed by atoms with E-state index in [9.17, 15) is 4.79 Å². The van der Waals surface area contributed by atoms with Crippen LogP contribution in [0.4, 0.5) is 0 Å². The van der Waals surface area contributed by atoms with Crippen LogP contribution in [0.5, 0.6) is 0 Å². The van der Waals surface area contributed by atoms with Gasteiger partial charge in [-0.2, -0.15) is 5.10 Å². The van der Waals surface area contributed by atoms with Crippen LogP contribution < -0.4 is 0 Å². The van der Waals surface area contributed by atoms with Crippen molar-refractivity contribution in [3.8, 4) is 0 Å². The molecule has 0 amide bonds. The molecule has 0 aliphatic rings. The minimum absolute atomic E-state index is 0.345. The topological polar surface area (TPSA) is 57.0 Å². The van der Waals surface area contributed by atoms with Crippen LogP contribution in [0.2, 0.25) is 0 Å². The first kappa shape index (κ1) is 15.4. The maximum atomic E-state index is 11.6. The molecule has 0 atom stereocenters. The summed E-state index contributed by atoms with van der Waals surface area (Å²) in [5, 5.41) is 7.23. The fourth-order valence-corrected chi connectivity index (χ4v) is 3.00. The minimum atomic E-state index is -0.345. The molecule has 2 heterocycles. The SMILES string of the molecule is CCOC(=O)c1cnn(Cc2nc(Cc3ccccc3)cs2)c1. The third-order valence-electron chi connectivity index (χ3n) is 3.27. The van der Waals surface area contributed by atoms with Gasteiger partial charge in [0.25, 0.3) is 0 Å². The molecule has 23 heavy (non-hydrogen) atoms. The van der Waals surface area contributed by atoms with E-state index in [1.165, 1.54) is 11.8 Å². The molecule has 3 aromatic rings. The first-order valence-corrected chi connectivity index (χ1v) is 8.29. The van der Waals surface area contributed by atoms with Crippen molar-refractivity contribution < 1.29 is 9.53 Å². The summed E-state index contributed by atoms with van der Waals surface area (Å²) < 4.78 is 6.66. The van der Waals surface area contributed by atoms with Gasteiger partial charge in [0.15, 0.2) is 0 Å².